The number of aromatic nitrogens is 4. The summed E-state index contributed by atoms with van der Waals surface area (Å²) in [6, 6.07) is 8.54. The molecule has 152 valence electrons. The molecule has 1 aliphatic carbocycles. The summed E-state index contributed by atoms with van der Waals surface area (Å²) >= 11 is 0. The van der Waals surface area contributed by atoms with Gasteiger partial charge in [0.25, 0.3) is 0 Å². The molecule has 0 unspecified atom stereocenters. The van der Waals surface area contributed by atoms with Gasteiger partial charge in [0.05, 0.1) is 19.4 Å². The minimum atomic E-state index is 0.445. The van der Waals surface area contributed by atoms with Gasteiger partial charge in [-0.15, -0.1) is 0 Å². The Kier molecular flexibility index (Phi) is 5.30. The van der Waals surface area contributed by atoms with Crippen LogP contribution in [-0.4, -0.2) is 46.5 Å². The topological polar surface area (TPSA) is 79.0 Å². The molecule has 2 aromatic heterocycles. The maximum Gasteiger partial charge on any atom is 0.160 e. The minimum Gasteiger partial charge on any atom is -0.378 e. The number of anilines is 3. The van der Waals surface area contributed by atoms with E-state index in [0.717, 1.165) is 54.7 Å². The van der Waals surface area contributed by atoms with Gasteiger partial charge in [-0.2, -0.15) is 5.10 Å². The van der Waals surface area contributed by atoms with Crippen molar-refractivity contribution in [3.05, 3.63) is 36.3 Å². The van der Waals surface area contributed by atoms with Crippen molar-refractivity contribution in [3.63, 3.8) is 0 Å². The van der Waals surface area contributed by atoms with Crippen LogP contribution < -0.4 is 10.2 Å². The fourth-order valence-corrected chi connectivity index (χ4v) is 4.38. The maximum atomic E-state index is 5.45. The Morgan fingerprint density at radius 1 is 0.966 bits per heavy atom. The Bertz CT molecular complexity index is 940. The van der Waals surface area contributed by atoms with Crippen molar-refractivity contribution in [1.29, 1.82) is 0 Å². The minimum absolute atomic E-state index is 0.445. The van der Waals surface area contributed by atoms with Crippen LogP contribution in [0.1, 0.15) is 50.3 Å². The fraction of sp³-hybridized carbons (Fsp3) is 0.500. The lowest BCUT2D eigenvalue weighted by Crippen LogP contribution is -2.36. The molecule has 7 heteroatoms. The van der Waals surface area contributed by atoms with Crippen molar-refractivity contribution in [2.75, 3.05) is 36.5 Å². The van der Waals surface area contributed by atoms with Gasteiger partial charge in [0.2, 0.25) is 0 Å². The predicted molar refractivity (Wildman–Crippen MR) is 115 cm³/mol. The molecule has 0 amide bonds. The van der Waals surface area contributed by atoms with Crippen LogP contribution in [-0.2, 0) is 4.74 Å². The monoisotopic (exact) mass is 392 g/mol. The predicted octanol–water partition coefficient (Wildman–Crippen LogP) is 4.37. The number of fused-ring (bicyclic) bond motifs is 1. The number of hydrogen-bond donors (Lipinski definition) is 2. The number of rotatable bonds is 4. The van der Waals surface area contributed by atoms with Crippen LogP contribution >= 0.6 is 0 Å². The van der Waals surface area contributed by atoms with Crippen LogP contribution in [0.4, 0.5) is 17.2 Å². The molecule has 1 aliphatic heterocycles. The number of nitrogens with one attached hydrogen (secondary N) is 2. The number of aromatic amines is 1. The standard InChI is InChI=1S/C22H28N6O/c1-2-4-6-16(5-3-1)21-25-19-15-23-27-20(19)22(26-21)24-17-7-9-18(10-8-17)28-11-13-29-14-12-28/h7-10,15-16H,1-6,11-14H2,(H,23,27)(H,24,25,26). The number of ether oxygens (including phenoxy) is 1. The Hall–Kier alpha value is -2.67. The van der Waals surface area contributed by atoms with E-state index in [1.54, 1.807) is 6.20 Å². The van der Waals surface area contributed by atoms with Crippen molar-refractivity contribution in [2.45, 2.75) is 44.4 Å². The van der Waals surface area contributed by atoms with Crippen LogP contribution in [0, 0.1) is 0 Å². The molecule has 0 spiro atoms. The largest absolute Gasteiger partial charge is 0.378 e. The van der Waals surface area contributed by atoms with E-state index in [2.05, 4.69) is 44.7 Å². The Morgan fingerprint density at radius 3 is 2.48 bits per heavy atom. The third-order valence-corrected chi connectivity index (χ3v) is 6.04. The normalized spacial score (nSPS) is 18.7. The van der Waals surface area contributed by atoms with E-state index in [-0.39, 0.29) is 0 Å². The Labute approximate surface area is 170 Å². The second-order valence-corrected chi connectivity index (χ2v) is 8.02. The van der Waals surface area contributed by atoms with E-state index in [1.807, 2.05) is 0 Å². The average molecular weight is 393 g/mol. The molecule has 1 saturated carbocycles. The second kappa shape index (κ2) is 8.37. The van der Waals surface area contributed by atoms with E-state index in [1.165, 1.54) is 44.2 Å². The molecule has 3 aromatic rings. The Balaban J connectivity index is 1.39. The Morgan fingerprint density at radius 2 is 1.72 bits per heavy atom. The van der Waals surface area contributed by atoms with Crippen molar-refractivity contribution in [2.24, 2.45) is 0 Å². The molecule has 1 aromatic carbocycles. The van der Waals surface area contributed by atoms with E-state index in [0.29, 0.717) is 5.92 Å². The summed E-state index contributed by atoms with van der Waals surface area (Å²) in [5, 5.41) is 10.7. The van der Waals surface area contributed by atoms with Crippen LogP contribution in [0.5, 0.6) is 0 Å². The lowest BCUT2D eigenvalue weighted by Gasteiger charge is -2.28. The molecular formula is C22H28N6O. The summed E-state index contributed by atoms with van der Waals surface area (Å²) in [6.45, 7) is 3.47. The summed E-state index contributed by atoms with van der Waals surface area (Å²) in [5.41, 5.74) is 3.99. The molecule has 29 heavy (non-hydrogen) atoms. The van der Waals surface area contributed by atoms with Gasteiger partial charge in [-0.25, -0.2) is 9.97 Å². The van der Waals surface area contributed by atoms with Crippen LogP contribution in [0.3, 0.4) is 0 Å². The molecule has 2 fully saturated rings. The highest BCUT2D eigenvalue weighted by Gasteiger charge is 2.20. The highest BCUT2D eigenvalue weighted by molar-refractivity contribution is 5.86. The van der Waals surface area contributed by atoms with Crippen LogP contribution in [0.2, 0.25) is 0 Å². The zero-order valence-corrected chi connectivity index (χ0v) is 16.7. The fourth-order valence-electron chi connectivity index (χ4n) is 4.38. The SMILES string of the molecule is c1cc(N2CCOCC2)ccc1Nc1nc(C2CCCCCC2)nc2cn[nH]c12. The van der Waals surface area contributed by atoms with Crippen molar-refractivity contribution in [3.8, 4) is 0 Å². The number of nitrogens with zero attached hydrogens (tertiary/aromatic N) is 4. The lowest BCUT2D eigenvalue weighted by atomic mass is 9.99. The smallest absolute Gasteiger partial charge is 0.160 e. The van der Waals surface area contributed by atoms with Gasteiger partial charge in [0, 0.05) is 30.4 Å². The molecule has 2 aliphatic rings. The van der Waals surface area contributed by atoms with Crippen LogP contribution in [0.15, 0.2) is 30.5 Å². The van der Waals surface area contributed by atoms with E-state index < -0.39 is 0 Å². The lowest BCUT2D eigenvalue weighted by molar-refractivity contribution is 0.122. The van der Waals surface area contributed by atoms with E-state index >= 15 is 0 Å². The molecule has 0 bridgehead atoms. The third kappa shape index (κ3) is 4.05. The third-order valence-electron chi connectivity index (χ3n) is 6.04. The zero-order chi connectivity index (χ0) is 19.5. The van der Waals surface area contributed by atoms with Gasteiger partial charge in [0.15, 0.2) is 5.82 Å². The molecule has 3 heterocycles. The summed E-state index contributed by atoms with van der Waals surface area (Å²) < 4.78 is 5.45. The summed E-state index contributed by atoms with van der Waals surface area (Å²) in [6.07, 6.45) is 9.33. The molecule has 7 nitrogen and oxygen atoms in total. The average Bonchev–Trinajstić information content (AvgIpc) is 3.08. The van der Waals surface area contributed by atoms with Gasteiger partial charge in [0.1, 0.15) is 16.9 Å². The zero-order valence-electron chi connectivity index (χ0n) is 16.7. The first kappa shape index (κ1) is 18.4. The molecular weight excluding hydrogens is 364 g/mol. The molecule has 5 rings (SSSR count). The van der Waals surface area contributed by atoms with Gasteiger partial charge < -0.3 is 15.0 Å². The van der Waals surface area contributed by atoms with Gasteiger partial charge in [-0.1, -0.05) is 25.7 Å². The number of hydrogen-bond acceptors (Lipinski definition) is 6. The van der Waals surface area contributed by atoms with Gasteiger partial charge in [-0.3, -0.25) is 5.10 Å². The molecule has 1 saturated heterocycles. The van der Waals surface area contributed by atoms with Crippen molar-refractivity contribution >= 4 is 28.2 Å². The highest BCUT2D eigenvalue weighted by atomic mass is 16.5. The van der Waals surface area contributed by atoms with E-state index in [9.17, 15) is 0 Å². The van der Waals surface area contributed by atoms with Crippen molar-refractivity contribution in [1.82, 2.24) is 20.2 Å². The first-order chi connectivity index (χ1) is 14.4. The van der Waals surface area contributed by atoms with E-state index in [4.69, 9.17) is 14.7 Å². The maximum absolute atomic E-state index is 5.45. The summed E-state index contributed by atoms with van der Waals surface area (Å²) in [4.78, 5) is 12.1. The first-order valence-corrected chi connectivity index (χ1v) is 10.8. The van der Waals surface area contributed by atoms with Crippen molar-refractivity contribution < 1.29 is 4.74 Å². The van der Waals surface area contributed by atoms with Crippen LogP contribution in [0.25, 0.3) is 11.0 Å². The summed E-state index contributed by atoms with van der Waals surface area (Å²) in [7, 11) is 0. The number of H-pyrrole nitrogens is 1. The second-order valence-electron chi connectivity index (χ2n) is 8.02. The first-order valence-electron chi connectivity index (χ1n) is 10.8. The highest BCUT2D eigenvalue weighted by Crippen LogP contribution is 2.32. The quantitative estimate of drug-likeness (QED) is 0.642. The summed E-state index contributed by atoms with van der Waals surface area (Å²) in [5.74, 6) is 2.21. The van der Waals surface area contributed by atoms with Gasteiger partial charge >= 0.3 is 0 Å². The molecule has 2 N–H and O–H groups in total. The number of benzene rings is 1. The molecule has 0 atom stereocenters. The van der Waals surface area contributed by atoms with Gasteiger partial charge in [-0.05, 0) is 37.1 Å². The molecule has 0 radical (unpaired) electrons. The number of morpholine rings is 1.